The van der Waals surface area contributed by atoms with Crippen molar-refractivity contribution in [1.29, 1.82) is 0 Å². The zero-order valence-corrected chi connectivity index (χ0v) is 17.2. The number of quaternary nitrogens is 1. The Balaban J connectivity index is 1.72. The van der Waals surface area contributed by atoms with E-state index in [2.05, 4.69) is 56.3 Å². The van der Waals surface area contributed by atoms with E-state index in [9.17, 15) is 0 Å². The van der Waals surface area contributed by atoms with E-state index < -0.39 is 0 Å². The molecule has 5 nitrogen and oxygen atoms in total. The Kier molecular flexibility index (Phi) is 6.08. The Morgan fingerprint density at radius 2 is 1.85 bits per heavy atom. The largest absolute Gasteiger partial charge is 0.494 e. The third kappa shape index (κ3) is 4.64. The molecule has 0 saturated carbocycles. The second kappa shape index (κ2) is 8.50. The van der Waals surface area contributed by atoms with Gasteiger partial charge in [-0.3, -0.25) is 4.57 Å². The molecule has 0 aliphatic heterocycles. The summed E-state index contributed by atoms with van der Waals surface area (Å²) in [6.45, 7) is 8.47. The highest BCUT2D eigenvalue weighted by atomic mass is 32.1. The third-order valence-corrected chi connectivity index (χ3v) is 4.92. The lowest BCUT2D eigenvalue weighted by Gasteiger charge is -2.14. The monoisotopic (exact) mass is 383 g/mol. The Labute approximate surface area is 165 Å². The van der Waals surface area contributed by atoms with Crippen LogP contribution in [0.25, 0.3) is 5.69 Å². The molecule has 142 valence electrons. The van der Waals surface area contributed by atoms with Gasteiger partial charge >= 0.3 is 0 Å². The molecule has 0 radical (unpaired) electrons. The zero-order valence-electron chi connectivity index (χ0n) is 16.4. The fourth-order valence-electron chi connectivity index (χ4n) is 3.12. The highest BCUT2D eigenvalue weighted by Gasteiger charge is 2.11. The van der Waals surface area contributed by atoms with Crippen LogP contribution in [0, 0.1) is 18.6 Å². The minimum atomic E-state index is 0.686. The lowest BCUT2D eigenvalue weighted by atomic mass is 10.1. The first-order chi connectivity index (χ1) is 13.0. The van der Waals surface area contributed by atoms with Crippen molar-refractivity contribution in [2.24, 2.45) is 0 Å². The van der Waals surface area contributed by atoms with Gasteiger partial charge in [0.2, 0.25) is 4.77 Å². The topological polar surface area (TPSA) is 36.4 Å². The van der Waals surface area contributed by atoms with E-state index in [1.165, 1.54) is 21.6 Å². The SMILES string of the molecule is CCOc1ccc(C[NH+](C)Cn2ncn(-c3cc(C)ccc3C)c2=S)cc1. The molecule has 0 bridgehead atoms. The van der Waals surface area contributed by atoms with Crippen molar-refractivity contribution in [1.82, 2.24) is 14.3 Å². The van der Waals surface area contributed by atoms with Crippen LogP contribution >= 0.6 is 12.2 Å². The van der Waals surface area contributed by atoms with Gasteiger partial charge in [0, 0.05) is 5.56 Å². The first kappa shape index (κ1) is 19.3. The summed E-state index contributed by atoms with van der Waals surface area (Å²) in [7, 11) is 2.15. The number of rotatable bonds is 7. The fraction of sp³-hybridized carbons (Fsp3) is 0.333. The van der Waals surface area contributed by atoms with E-state index in [0.29, 0.717) is 13.3 Å². The zero-order chi connectivity index (χ0) is 19.4. The van der Waals surface area contributed by atoms with E-state index in [0.717, 1.165) is 22.8 Å². The molecule has 1 heterocycles. The van der Waals surface area contributed by atoms with Crippen molar-refractivity contribution in [3.63, 3.8) is 0 Å². The smallest absolute Gasteiger partial charge is 0.207 e. The summed E-state index contributed by atoms with van der Waals surface area (Å²) < 4.78 is 10.1. The van der Waals surface area contributed by atoms with Gasteiger partial charge in [-0.1, -0.05) is 12.1 Å². The standard InChI is InChI=1S/C21H26N4OS/c1-5-26-19-10-8-18(9-11-19)13-23(4)15-25-21(27)24(14-22-25)20-12-16(2)6-7-17(20)3/h6-12,14H,5,13,15H2,1-4H3/p+1. The number of hydrogen-bond acceptors (Lipinski definition) is 3. The van der Waals surface area contributed by atoms with E-state index in [4.69, 9.17) is 17.0 Å². The van der Waals surface area contributed by atoms with Crippen molar-refractivity contribution in [3.05, 3.63) is 70.3 Å². The number of nitrogens with zero attached hydrogens (tertiary/aromatic N) is 3. The first-order valence-electron chi connectivity index (χ1n) is 9.23. The Morgan fingerprint density at radius 3 is 2.56 bits per heavy atom. The molecule has 2 aromatic carbocycles. The van der Waals surface area contributed by atoms with Crippen LogP contribution in [0.3, 0.4) is 0 Å². The van der Waals surface area contributed by atoms with Gasteiger partial charge in [0.25, 0.3) is 0 Å². The summed E-state index contributed by atoms with van der Waals surface area (Å²) in [4.78, 5) is 1.31. The first-order valence-corrected chi connectivity index (χ1v) is 9.64. The molecule has 0 aliphatic carbocycles. The highest BCUT2D eigenvalue weighted by Crippen LogP contribution is 2.16. The third-order valence-electron chi connectivity index (χ3n) is 4.52. The van der Waals surface area contributed by atoms with Crippen LogP contribution in [0.1, 0.15) is 23.6 Å². The van der Waals surface area contributed by atoms with Crippen LogP contribution in [0.2, 0.25) is 0 Å². The molecule has 1 N–H and O–H groups in total. The summed E-state index contributed by atoms with van der Waals surface area (Å²) in [5, 5.41) is 4.52. The molecule has 1 aromatic heterocycles. The highest BCUT2D eigenvalue weighted by molar-refractivity contribution is 7.71. The molecule has 1 unspecified atom stereocenters. The predicted octanol–water partition coefficient (Wildman–Crippen LogP) is 3.09. The second-order valence-corrected chi connectivity index (χ2v) is 7.31. The maximum Gasteiger partial charge on any atom is 0.207 e. The van der Waals surface area contributed by atoms with Gasteiger partial charge in [-0.2, -0.15) is 9.78 Å². The maximum atomic E-state index is 5.67. The van der Waals surface area contributed by atoms with Crippen LogP contribution in [0.4, 0.5) is 0 Å². The van der Waals surface area contributed by atoms with Gasteiger partial charge in [-0.05, 0) is 74.4 Å². The van der Waals surface area contributed by atoms with Crippen molar-refractivity contribution in [3.8, 4) is 11.4 Å². The molecular formula is C21H27N4OS+. The van der Waals surface area contributed by atoms with Gasteiger partial charge in [-0.25, -0.2) is 0 Å². The van der Waals surface area contributed by atoms with Gasteiger partial charge in [0.1, 0.15) is 18.6 Å². The van der Waals surface area contributed by atoms with Gasteiger partial charge < -0.3 is 9.64 Å². The second-order valence-electron chi connectivity index (χ2n) is 6.94. The average molecular weight is 384 g/mol. The number of aromatic nitrogens is 3. The van der Waals surface area contributed by atoms with Crippen LogP contribution in [-0.4, -0.2) is 28.0 Å². The summed E-state index contributed by atoms with van der Waals surface area (Å²) >= 11 is 5.67. The molecule has 0 fully saturated rings. The minimum Gasteiger partial charge on any atom is -0.494 e. The molecule has 3 rings (SSSR count). The quantitative estimate of drug-likeness (QED) is 0.637. The molecule has 0 amide bonds. The van der Waals surface area contributed by atoms with E-state index >= 15 is 0 Å². The summed E-state index contributed by atoms with van der Waals surface area (Å²) in [6, 6.07) is 14.6. The van der Waals surface area contributed by atoms with Crippen molar-refractivity contribution in [2.45, 2.75) is 34.0 Å². The molecule has 27 heavy (non-hydrogen) atoms. The lowest BCUT2D eigenvalue weighted by molar-refractivity contribution is -0.917. The molecule has 0 saturated heterocycles. The van der Waals surface area contributed by atoms with Crippen molar-refractivity contribution in [2.75, 3.05) is 13.7 Å². The molecular weight excluding hydrogens is 356 g/mol. The predicted molar refractivity (Wildman–Crippen MR) is 110 cm³/mol. The number of ether oxygens (including phenoxy) is 1. The summed E-state index contributed by atoms with van der Waals surface area (Å²) in [5.74, 6) is 0.911. The van der Waals surface area contributed by atoms with Gasteiger partial charge in [0.15, 0.2) is 6.67 Å². The summed E-state index contributed by atoms with van der Waals surface area (Å²) in [6.07, 6.45) is 1.81. The molecule has 0 spiro atoms. The number of aryl methyl sites for hydroxylation is 2. The lowest BCUT2D eigenvalue weighted by Crippen LogP contribution is -3.07. The molecule has 0 aliphatic rings. The van der Waals surface area contributed by atoms with Crippen molar-refractivity contribution >= 4 is 12.2 Å². The van der Waals surface area contributed by atoms with E-state index in [1.807, 2.05) is 34.6 Å². The molecule has 6 heteroatoms. The number of nitrogens with one attached hydrogen (secondary N) is 1. The van der Waals surface area contributed by atoms with Gasteiger partial charge in [0.05, 0.1) is 19.3 Å². The van der Waals surface area contributed by atoms with Crippen LogP contribution in [0.5, 0.6) is 5.75 Å². The fourth-order valence-corrected chi connectivity index (χ4v) is 3.38. The van der Waals surface area contributed by atoms with Crippen molar-refractivity contribution < 1.29 is 9.64 Å². The molecule has 1 atom stereocenters. The maximum absolute atomic E-state index is 5.67. The number of benzene rings is 2. The number of hydrogen-bond donors (Lipinski definition) is 1. The summed E-state index contributed by atoms with van der Waals surface area (Å²) in [5.41, 5.74) is 4.75. The van der Waals surface area contributed by atoms with Gasteiger partial charge in [-0.15, -0.1) is 0 Å². The van der Waals surface area contributed by atoms with Crippen LogP contribution < -0.4 is 9.64 Å². The van der Waals surface area contributed by atoms with Crippen LogP contribution in [-0.2, 0) is 13.2 Å². The van der Waals surface area contributed by atoms with E-state index in [1.54, 1.807) is 0 Å². The van der Waals surface area contributed by atoms with E-state index in [-0.39, 0.29) is 0 Å². The average Bonchev–Trinajstić information content (AvgIpc) is 2.99. The Morgan fingerprint density at radius 1 is 1.11 bits per heavy atom. The minimum absolute atomic E-state index is 0.686. The normalized spacial score (nSPS) is 12.1. The Hall–Kier alpha value is -2.44. The Bertz CT molecular complexity index is 959. The van der Waals surface area contributed by atoms with Crippen LogP contribution in [0.15, 0.2) is 48.8 Å². The molecule has 3 aromatic rings.